The van der Waals surface area contributed by atoms with Crippen LogP contribution in [0, 0.1) is 0 Å². The molecule has 0 aliphatic heterocycles. The summed E-state index contributed by atoms with van der Waals surface area (Å²) in [5.41, 5.74) is 1.07. The number of benzene rings is 2. The molecule has 0 unspecified atom stereocenters. The quantitative estimate of drug-likeness (QED) is 0.619. The van der Waals surface area contributed by atoms with E-state index in [1.807, 2.05) is 37.4 Å². The minimum atomic E-state index is -0.292. The third-order valence-electron chi connectivity index (χ3n) is 2.81. The zero-order chi connectivity index (χ0) is 13.7. The third-order valence-corrected chi connectivity index (χ3v) is 3.59. The summed E-state index contributed by atoms with van der Waals surface area (Å²) < 4.78 is 4.98. The van der Waals surface area contributed by atoms with Crippen molar-refractivity contribution in [3.8, 4) is 0 Å². The molecule has 0 amide bonds. The second kappa shape index (κ2) is 6.43. The smallest absolute Gasteiger partial charge is 0.331 e. The van der Waals surface area contributed by atoms with E-state index in [-0.39, 0.29) is 5.97 Å². The van der Waals surface area contributed by atoms with Crippen molar-refractivity contribution in [1.29, 1.82) is 0 Å². The topological polar surface area (TPSA) is 26.3 Å². The molecule has 2 rings (SSSR count). The lowest BCUT2D eigenvalue weighted by molar-refractivity contribution is -0.137. The maximum Gasteiger partial charge on any atom is 0.331 e. The van der Waals surface area contributed by atoms with Crippen LogP contribution in [0.4, 0.5) is 0 Å². The highest BCUT2D eigenvalue weighted by Gasteiger charge is 2.08. The Morgan fingerprint density at radius 2 is 1.95 bits per heavy atom. The van der Waals surface area contributed by atoms with Crippen LogP contribution in [0.5, 0.6) is 0 Å². The molecule has 0 aliphatic carbocycles. The van der Waals surface area contributed by atoms with E-state index in [0.717, 1.165) is 15.9 Å². The summed E-state index contributed by atoms with van der Waals surface area (Å²) in [6.45, 7) is 2.20. The first-order chi connectivity index (χ1) is 9.26. The van der Waals surface area contributed by atoms with E-state index in [2.05, 4.69) is 18.2 Å². The van der Waals surface area contributed by atoms with Crippen molar-refractivity contribution in [2.24, 2.45) is 0 Å². The molecule has 0 atom stereocenters. The summed E-state index contributed by atoms with van der Waals surface area (Å²) in [6.07, 6.45) is 3.53. The molecule has 2 aromatic rings. The molecule has 0 fully saturated rings. The number of ether oxygens (including phenoxy) is 1. The van der Waals surface area contributed by atoms with Crippen LogP contribution >= 0.6 is 11.8 Å². The van der Waals surface area contributed by atoms with Crippen LogP contribution in [0.3, 0.4) is 0 Å². The standard InChI is InChI=1S/C16H16O2S/c1-3-18-16(17)11-15(19-2)14-10-6-8-12-7-4-5-9-13(12)14/h4-11H,3H2,1-2H3. The fourth-order valence-corrected chi connectivity index (χ4v) is 2.59. The van der Waals surface area contributed by atoms with Gasteiger partial charge in [-0.2, -0.15) is 0 Å². The van der Waals surface area contributed by atoms with E-state index >= 15 is 0 Å². The number of rotatable bonds is 4. The van der Waals surface area contributed by atoms with Gasteiger partial charge in [0, 0.05) is 11.0 Å². The highest BCUT2D eigenvalue weighted by atomic mass is 32.2. The SMILES string of the molecule is CCOC(=O)C=C(SC)c1cccc2ccccc12. The molecule has 0 spiro atoms. The summed E-state index contributed by atoms with van der Waals surface area (Å²) in [4.78, 5) is 12.5. The third kappa shape index (κ3) is 3.18. The second-order valence-electron chi connectivity index (χ2n) is 3.99. The van der Waals surface area contributed by atoms with E-state index in [9.17, 15) is 4.79 Å². The average Bonchev–Trinajstić information content (AvgIpc) is 2.44. The van der Waals surface area contributed by atoms with Gasteiger partial charge in [0.25, 0.3) is 0 Å². The van der Waals surface area contributed by atoms with Gasteiger partial charge in [-0.3, -0.25) is 0 Å². The molecular formula is C16H16O2S. The summed E-state index contributed by atoms with van der Waals surface area (Å²) in [5.74, 6) is -0.292. The highest BCUT2D eigenvalue weighted by Crippen LogP contribution is 2.31. The van der Waals surface area contributed by atoms with Gasteiger partial charge in [0.15, 0.2) is 0 Å². The number of thioether (sulfide) groups is 1. The van der Waals surface area contributed by atoms with E-state index in [1.54, 1.807) is 17.8 Å². The first kappa shape index (κ1) is 13.7. The lowest BCUT2D eigenvalue weighted by Crippen LogP contribution is -2.00. The van der Waals surface area contributed by atoms with E-state index < -0.39 is 0 Å². The molecule has 98 valence electrons. The first-order valence-electron chi connectivity index (χ1n) is 6.17. The van der Waals surface area contributed by atoms with Gasteiger partial charge in [0.05, 0.1) is 6.61 Å². The Morgan fingerprint density at radius 3 is 2.68 bits per heavy atom. The van der Waals surface area contributed by atoms with Crippen LogP contribution in [0.25, 0.3) is 15.7 Å². The number of esters is 1. The summed E-state index contributed by atoms with van der Waals surface area (Å²) in [7, 11) is 0. The van der Waals surface area contributed by atoms with Gasteiger partial charge in [-0.25, -0.2) is 4.79 Å². The van der Waals surface area contributed by atoms with Crippen LogP contribution in [0.15, 0.2) is 48.5 Å². The van der Waals surface area contributed by atoms with Crippen molar-refractivity contribution in [1.82, 2.24) is 0 Å². The Hall–Kier alpha value is -1.74. The van der Waals surface area contributed by atoms with Gasteiger partial charge in [0.1, 0.15) is 0 Å². The van der Waals surface area contributed by atoms with Crippen molar-refractivity contribution in [2.75, 3.05) is 12.9 Å². The van der Waals surface area contributed by atoms with Crippen LogP contribution in [-0.4, -0.2) is 18.8 Å². The molecule has 0 N–H and O–H groups in total. The monoisotopic (exact) mass is 272 g/mol. The maximum absolute atomic E-state index is 11.6. The minimum absolute atomic E-state index is 0.292. The molecule has 0 saturated carbocycles. The zero-order valence-electron chi connectivity index (χ0n) is 11.1. The van der Waals surface area contributed by atoms with Crippen molar-refractivity contribution in [3.63, 3.8) is 0 Å². The largest absolute Gasteiger partial charge is 0.463 e. The summed E-state index contributed by atoms with van der Waals surface area (Å²) >= 11 is 1.55. The molecule has 0 aromatic heterocycles. The summed E-state index contributed by atoms with van der Waals surface area (Å²) in [5, 5.41) is 2.32. The molecule has 0 radical (unpaired) electrons. The molecule has 3 heteroatoms. The second-order valence-corrected chi connectivity index (χ2v) is 4.84. The van der Waals surface area contributed by atoms with Gasteiger partial charge in [-0.05, 0) is 29.5 Å². The van der Waals surface area contributed by atoms with E-state index in [4.69, 9.17) is 4.74 Å². The lowest BCUT2D eigenvalue weighted by Gasteiger charge is -2.08. The van der Waals surface area contributed by atoms with Gasteiger partial charge in [-0.1, -0.05) is 42.5 Å². The maximum atomic E-state index is 11.6. The predicted octanol–water partition coefficient (Wildman–Crippen LogP) is 4.11. The number of hydrogen-bond acceptors (Lipinski definition) is 3. The number of fused-ring (bicyclic) bond motifs is 1. The van der Waals surface area contributed by atoms with Crippen LogP contribution in [-0.2, 0) is 9.53 Å². The zero-order valence-corrected chi connectivity index (χ0v) is 11.9. The summed E-state index contributed by atoms with van der Waals surface area (Å²) in [6, 6.07) is 14.3. The average molecular weight is 272 g/mol. The fourth-order valence-electron chi connectivity index (χ4n) is 1.98. The Bertz CT molecular complexity index is 612. The Balaban J connectivity index is 2.49. The Kier molecular flexibility index (Phi) is 4.63. The van der Waals surface area contributed by atoms with Gasteiger partial charge in [0.2, 0.25) is 0 Å². The molecule has 0 aliphatic rings. The molecule has 2 nitrogen and oxygen atoms in total. The van der Waals surface area contributed by atoms with Gasteiger partial charge in [-0.15, -0.1) is 11.8 Å². The lowest BCUT2D eigenvalue weighted by atomic mass is 10.0. The van der Waals surface area contributed by atoms with Crippen LogP contribution in [0.2, 0.25) is 0 Å². The van der Waals surface area contributed by atoms with Crippen LogP contribution in [0.1, 0.15) is 12.5 Å². The minimum Gasteiger partial charge on any atom is -0.463 e. The molecular weight excluding hydrogens is 256 g/mol. The molecule has 0 heterocycles. The van der Waals surface area contributed by atoms with Gasteiger partial charge < -0.3 is 4.74 Å². The molecule has 0 bridgehead atoms. The van der Waals surface area contributed by atoms with Crippen molar-refractivity contribution < 1.29 is 9.53 Å². The van der Waals surface area contributed by atoms with E-state index in [0.29, 0.717) is 6.61 Å². The fraction of sp³-hybridized carbons (Fsp3) is 0.188. The van der Waals surface area contributed by atoms with Crippen molar-refractivity contribution in [3.05, 3.63) is 54.1 Å². The molecule has 2 aromatic carbocycles. The number of hydrogen-bond donors (Lipinski definition) is 0. The Labute approximate surface area is 117 Å². The molecule has 19 heavy (non-hydrogen) atoms. The normalized spacial score (nSPS) is 11.6. The predicted molar refractivity (Wildman–Crippen MR) is 82.1 cm³/mol. The molecule has 0 saturated heterocycles. The number of carbonyl (C=O) groups is 1. The van der Waals surface area contributed by atoms with Crippen LogP contribution < -0.4 is 0 Å². The first-order valence-corrected chi connectivity index (χ1v) is 7.39. The van der Waals surface area contributed by atoms with Crippen molar-refractivity contribution >= 4 is 33.4 Å². The Morgan fingerprint density at radius 1 is 1.21 bits per heavy atom. The van der Waals surface area contributed by atoms with Crippen molar-refractivity contribution in [2.45, 2.75) is 6.92 Å². The van der Waals surface area contributed by atoms with Gasteiger partial charge >= 0.3 is 5.97 Å². The highest BCUT2D eigenvalue weighted by molar-refractivity contribution is 8.07. The van der Waals surface area contributed by atoms with E-state index in [1.165, 1.54) is 5.39 Å². The number of carbonyl (C=O) groups excluding carboxylic acids is 1.